The minimum atomic E-state index is -0.588. The van der Waals surface area contributed by atoms with Gasteiger partial charge >= 0.3 is 0 Å². The van der Waals surface area contributed by atoms with Crippen LogP contribution in [0.2, 0.25) is 0 Å². The van der Waals surface area contributed by atoms with Crippen molar-refractivity contribution in [3.05, 3.63) is 48.6 Å². The molecule has 1 saturated carbocycles. The summed E-state index contributed by atoms with van der Waals surface area (Å²) >= 11 is 0. The third-order valence-electron chi connectivity index (χ3n) is 3.99. The fourth-order valence-corrected chi connectivity index (χ4v) is 2.21. The Hall–Kier alpha value is -1.65. The summed E-state index contributed by atoms with van der Waals surface area (Å²) in [5, 5.41) is 20.2. The summed E-state index contributed by atoms with van der Waals surface area (Å²) in [5.74, 6) is 1.44. The Balaban J connectivity index is 2.00. The average molecular weight is 333 g/mol. The Labute approximate surface area is 145 Å². The van der Waals surface area contributed by atoms with Crippen LogP contribution in [0, 0.1) is 11.8 Å². The lowest BCUT2D eigenvalue weighted by Gasteiger charge is -2.10. The van der Waals surface area contributed by atoms with Crippen molar-refractivity contribution in [2.45, 2.75) is 45.1 Å². The molecule has 1 fully saturated rings. The molecule has 2 atom stereocenters. The molecule has 24 heavy (non-hydrogen) atoms. The molecule has 0 radical (unpaired) electrons. The van der Waals surface area contributed by atoms with Crippen molar-refractivity contribution in [1.82, 2.24) is 5.32 Å². The van der Waals surface area contributed by atoms with Gasteiger partial charge in [0.1, 0.15) is 0 Å². The summed E-state index contributed by atoms with van der Waals surface area (Å²) in [7, 11) is 0. The van der Waals surface area contributed by atoms with E-state index in [2.05, 4.69) is 42.6 Å². The standard InChI is InChI=1S/C20H31NO3/c1-17-14-18(17)12-10-8-6-4-2-3-5-7-9-11-13-20(24)21-19(15-22)16-23/h2-5,10-13,17-19,22-23H,6-9,14-16H2,1H3,(H,21,24)/b4-2-,5-3-,12-10+,13-11-/t17-,18-/m1/s1. The number of hydrogen-bond donors (Lipinski definition) is 3. The van der Waals surface area contributed by atoms with E-state index in [0.29, 0.717) is 0 Å². The van der Waals surface area contributed by atoms with Gasteiger partial charge in [-0.05, 0) is 50.0 Å². The van der Waals surface area contributed by atoms with E-state index in [1.54, 1.807) is 6.08 Å². The van der Waals surface area contributed by atoms with E-state index < -0.39 is 6.04 Å². The summed E-state index contributed by atoms with van der Waals surface area (Å²) in [5.41, 5.74) is 0. The van der Waals surface area contributed by atoms with Crippen LogP contribution in [-0.2, 0) is 4.79 Å². The van der Waals surface area contributed by atoms with Gasteiger partial charge in [0.2, 0.25) is 5.91 Å². The average Bonchev–Trinajstić information content (AvgIpc) is 3.28. The van der Waals surface area contributed by atoms with Gasteiger partial charge < -0.3 is 15.5 Å². The normalized spacial score (nSPS) is 21.0. The molecule has 1 rings (SSSR count). The van der Waals surface area contributed by atoms with E-state index in [0.717, 1.165) is 37.5 Å². The maximum absolute atomic E-state index is 11.4. The molecule has 0 aliphatic heterocycles. The SMILES string of the molecule is C[C@@H]1C[C@H]1/C=C/CC/C=C\C=C/CC/C=C\C(=O)NC(CO)CO. The molecule has 4 nitrogen and oxygen atoms in total. The zero-order valence-corrected chi connectivity index (χ0v) is 14.6. The lowest BCUT2D eigenvalue weighted by atomic mass is 10.2. The molecule has 0 aromatic carbocycles. The molecule has 1 amide bonds. The van der Waals surface area contributed by atoms with E-state index in [1.165, 1.54) is 12.5 Å². The monoisotopic (exact) mass is 333 g/mol. The lowest BCUT2D eigenvalue weighted by Crippen LogP contribution is -2.39. The Morgan fingerprint density at radius 3 is 2.12 bits per heavy atom. The Morgan fingerprint density at radius 1 is 1.04 bits per heavy atom. The van der Waals surface area contributed by atoms with Crippen LogP contribution in [0.1, 0.15) is 39.0 Å². The van der Waals surface area contributed by atoms with Crippen LogP contribution in [0.4, 0.5) is 0 Å². The number of nitrogens with one attached hydrogen (secondary N) is 1. The minimum Gasteiger partial charge on any atom is -0.394 e. The van der Waals surface area contributed by atoms with Gasteiger partial charge in [-0.25, -0.2) is 0 Å². The summed E-state index contributed by atoms with van der Waals surface area (Å²) in [6.07, 6.45) is 21.4. The van der Waals surface area contributed by atoms with Gasteiger partial charge in [0.15, 0.2) is 0 Å². The van der Waals surface area contributed by atoms with Crippen molar-refractivity contribution in [2.75, 3.05) is 13.2 Å². The van der Waals surface area contributed by atoms with E-state index in [9.17, 15) is 4.79 Å². The number of unbranched alkanes of at least 4 members (excludes halogenated alkanes) is 2. The van der Waals surface area contributed by atoms with Crippen LogP contribution in [0.15, 0.2) is 48.6 Å². The number of carbonyl (C=O) groups excluding carboxylic acids is 1. The van der Waals surface area contributed by atoms with Gasteiger partial charge in [-0.3, -0.25) is 4.79 Å². The van der Waals surface area contributed by atoms with Gasteiger partial charge in [0.25, 0.3) is 0 Å². The molecule has 0 aromatic rings. The highest BCUT2D eigenvalue weighted by Gasteiger charge is 2.29. The smallest absolute Gasteiger partial charge is 0.244 e. The van der Waals surface area contributed by atoms with Gasteiger partial charge in [-0.1, -0.05) is 49.5 Å². The Kier molecular flexibility index (Phi) is 10.8. The van der Waals surface area contributed by atoms with Gasteiger partial charge in [0.05, 0.1) is 19.3 Å². The maximum atomic E-state index is 11.4. The number of rotatable bonds is 12. The molecule has 1 aliphatic rings. The number of allylic oxidation sites excluding steroid dienone is 7. The van der Waals surface area contributed by atoms with E-state index in [4.69, 9.17) is 10.2 Å². The molecule has 0 bridgehead atoms. The second-order valence-corrected chi connectivity index (χ2v) is 6.29. The zero-order chi connectivity index (χ0) is 17.6. The third-order valence-corrected chi connectivity index (χ3v) is 3.99. The van der Waals surface area contributed by atoms with Gasteiger partial charge in [0, 0.05) is 0 Å². The van der Waals surface area contributed by atoms with Crippen LogP contribution >= 0.6 is 0 Å². The molecule has 134 valence electrons. The maximum Gasteiger partial charge on any atom is 0.244 e. The fourth-order valence-electron chi connectivity index (χ4n) is 2.21. The highest BCUT2D eigenvalue weighted by atomic mass is 16.3. The highest BCUT2D eigenvalue weighted by Crippen LogP contribution is 2.38. The number of aliphatic hydroxyl groups is 2. The first-order chi connectivity index (χ1) is 11.7. The predicted molar refractivity (Wildman–Crippen MR) is 98.4 cm³/mol. The molecule has 4 heteroatoms. The number of hydrogen-bond acceptors (Lipinski definition) is 3. The van der Waals surface area contributed by atoms with E-state index in [1.807, 2.05) is 6.08 Å². The topological polar surface area (TPSA) is 69.6 Å². The Bertz CT molecular complexity index is 462. The Morgan fingerprint density at radius 2 is 1.58 bits per heavy atom. The first-order valence-corrected chi connectivity index (χ1v) is 8.84. The van der Waals surface area contributed by atoms with Crippen molar-refractivity contribution in [3.8, 4) is 0 Å². The van der Waals surface area contributed by atoms with Crippen LogP contribution < -0.4 is 5.32 Å². The van der Waals surface area contributed by atoms with Crippen molar-refractivity contribution in [3.63, 3.8) is 0 Å². The second-order valence-electron chi connectivity index (χ2n) is 6.29. The third kappa shape index (κ3) is 10.2. The highest BCUT2D eigenvalue weighted by molar-refractivity contribution is 5.87. The molecule has 0 unspecified atom stereocenters. The van der Waals surface area contributed by atoms with Crippen molar-refractivity contribution >= 4 is 5.91 Å². The minimum absolute atomic E-state index is 0.263. The van der Waals surface area contributed by atoms with Crippen molar-refractivity contribution in [2.24, 2.45) is 11.8 Å². The number of amides is 1. The second kappa shape index (κ2) is 12.7. The molecule has 0 spiro atoms. The number of carbonyl (C=O) groups is 1. The zero-order valence-electron chi connectivity index (χ0n) is 14.6. The van der Waals surface area contributed by atoms with Gasteiger partial charge in [-0.2, -0.15) is 0 Å². The first-order valence-electron chi connectivity index (χ1n) is 8.84. The molecule has 0 aromatic heterocycles. The van der Waals surface area contributed by atoms with E-state index >= 15 is 0 Å². The van der Waals surface area contributed by atoms with Crippen molar-refractivity contribution in [1.29, 1.82) is 0 Å². The summed E-state index contributed by atoms with van der Waals surface area (Å²) in [4.78, 5) is 11.4. The van der Waals surface area contributed by atoms with Crippen LogP contribution in [0.25, 0.3) is 0 Å². The largest absolute Gasteiger partial charge is 0.394 e. The van der Waals surface area contributed by atoms with Gasteiger partial charge in [-0.15, -0.1) is 0 Å². The quantitative estimate of drug-likeness (QED) is 0.223. The first kappa shape index (κ1) is 20.4. The molecule has 3 N–H and O–H groups in total. The molecule has 0 saturated heterocycles. The van der Waals surface area contributed by atoms with Crippen LogP contribution in [0.5, 0.6) is 0 Å². The molecule has 0 heterocycles. The van der Waals surface area contributed by atoms with E-state index in [-0.39, 0.29) is 19.1 Å². The van der Waals surface area contributed by atoms with Crippen LogP contribution in [0.3, 0.4) is 0 Å². The summed E-state index contributed by atoms with van der Waals surface area (Å²) in [6, 6.07) is -0.588. The fraction of sp³-hybridized carbons (Fsp3) is 0.550. The summed E-state index contributed by atoms with van der Waals surface area (Å²) < 4.78 is 0. The predicted octanol–water partition coefficient (Wildman–Crippen LogP) is 2.90. The summed E-state index contributed by atoms with van der Waals surface area (Å²) in [6.45, 7) is 1.77. The van der Waals surface area contributed by atoms with Crippen LogP contribution in [-0.4, -0.2) is 35.4 Å². The molecular weight excluding hydrogens is 302 g/mol. The molecular formula is C20H31NO3. The molecule has 1 aliphatic carbocycles. The number of aliphatic hydroxyl groups excluding tert-OH is 2. The van der Waals surface area contributed by atoms with Crippen molar-refractivity contribution < 1.29 is 15.0 Å². The lowest BCUT2D eigenvalue weighted by molar-refractivity contribution is -0.117.